The highest BCUT2D eigenvalue weighted by Gasteiger charge is 2.01. The van der Waals surface area contributed by atoms with E-state index in [0.29, 0.717) is 11.7 Å². The fraction of sp³-hybridized carbons (Fsp3) is 0.182. The summed E-state index contributed by atoms with van der Waals surface area (Å²) in [5, 5.41) is 0.559. The first-order valence-electron chi connectivity index (χ1n) is 4.75. The van der Waals surface area contributed by atoms with Gasteiger partial charge in [-0.05, 0) is 12.1 Å². The summed E-state index contributed by atoms with van der Waals surface area (Å²) in [7, 11) is 1.63. The summed E-state index contributed by atoms with van der Waals surface area (Å²) in [6.45, 7) is 0.474. The molecule has 0 amide bonds. The van der Waals surface area contributed by atoms with E-state index in [-0.39, 0.29) is 0 Å². The van der Waals surface area contributed by atoms with Crippen LogP contribution in [0.1, 0.15) is 4.88 Å². The second kappa shape index (κ2) is 4.85. The molecule has 0 unspecified atom stereocenters. The highest BCUT2D eigenvalue weighted by molar-refractivity contribution is 7.15. The van der Waals surface area contributed by atoms with Crippen molar-refractivity contribution in [2.45, 2.75) is 6.61 Å². The largest absolute Gasteiger partial charge is 0.497 e. The van der Waals surface area contributed by atoms with E-state index in [1.807, 2.05) is 24.3 Å². The number of rotatable bonds is 4. The quantitative estimate of drug-likeness (QED) is 0.885. The van der Waals surface area contributed by atoms with Crippen molar-refractivity contribution in [3.05, 3.63) is 35.3 Å². The molecule has 0 saturated carbocycles. The van der Waals surface area contributed by atoms with Crippen LogP contribution in [-0.2, 0) is 6.61 Å². The molecule has 2 aromatic rings. The molecule has 1 aromatic carbocycles. The van der Waals surface area contributed by atoms with Crippen molar-refractivity contribution in [2.24, 2.45) is 0 Å². The number of anilines is 1. The van der Waals surface area contributed by atoms with Crippen LogP contribution in [0.5, 0.6) is 11.5 Å². The van der Waals surface area contributed by atoms with Gasteiger partial charge in [0.25, 0.3) is 0 Å². The summed E-state index contributed by atoms with van der Waals surface area (Å²) in [5.41, 5.74) is 5.53. The van der Waals surface area contributed by atoms with Crippen LogP contribution in [0.25, 0.3) is 0 Å². The van der Waals surface area contributed by atoms with Gasteiger partial charge in [0, 0.05) is 12.3 Å². The van der Waals surface area contributed by atoms with Gasteiger partial charge in [-0.2, -0.15) is 0 Å². The van der Waals surface area contributed by atoms with E-state index in [0.717, 1.165) is 16.4 Å². The third-order valence-corrected chi connectivity index (χ3v) is 2.79. The molecule has 2 rings (SSSR count). The number of thiazole rings is 1. The molecule has 16 heavy (non-hydrogen) atoms. The third kappa shape index (κ3) is 2.64. The van der Waals surface area contributed by atoms with E-state index < -0.39 is 0 Å². The lowest BCUT2D eigenvalue weighted by atomic mass is 10.3. The molecule has 0 fully saturated rings. The number of nitrogens with zero attached hydrogens (tertiary/aromatic N) is 1. The smallest absolute Gasteiger partial charge is 0.180 e. The van der Waals surface area contributed by atoms with Crippen LogP contribution in [-0.4, -0.2) is 12.1 Å². The Morgan fingerprint density at radius 1 is 1.38 bits per heavy atom. The van der Waals surface area contributed by atoms with Crippen molar-refractivity contribution in [2.75, 3.05) is 12.8 Å². The predicted molar refractivity (Wildman–Crippen MR) is 63.9 cm³/mol. The van der Waals surface area contributed by atoms with Gasteiger partial charge in [0.1, 0.15) is 18.1 Å². The first-order valence-corrected chi connectivity index (χ1v) is 5.56. The lowest BCUT2D eigenvalue weighted by Crippen LogP contribution is -1.93. The van der Waals surface area contributed by atoms with Gasteiger partial charge in [-0.3, -0.25) is 0 Å². The van der Waals surface area contributed by atoms with Crippen LogP contribution in [0.15, 0.2) is 30.5 Å². The molecule has 0 atom stereocenters. The molecule has 2 N–H and O–H groups in total. The van der Waals surface area contributed by atoms with Crippen LogP contribution in [0.3, 0.4) is 0 Å². The Morgan fingerprint density at radius 2 is 2.19 bits per heavy atom. The fourth-order valence-electron chi connectivity index (χ4n) is 1.23. The fourth-order valence-corrected chi connectivity index (χ4v) is 1.83. The Kier molecular flexibility index (Phi) is 3.26. The topological polar surface area (TPSA) is 57.4 Å². The second-order valence-corrected chi connectivity index (χ2v) is 4.28. The average molecular weight is 236 g/mol. The number of benzene rings is 1. The van der Waals surface area contributed by atoms with Gasteiger partial charge >= 0.3 is 0 Å². The van der Waals surface area contributed by atoms with Crippen molar-refractivity contribution < 1.29 is 9.47 Å². The molecule has 0 aliphatic heterocycles. The van der Waals surface area contributed by atoms with Gasteiger partial charge in [-0.15, -0.1) is 0 Å². The maximum Gasteiger partial charge on any atom is 0.180 e. The zero-order valence-electron chi connectivity index (χ0n) is 8.84. The number of aromatic nitrogens is 1. The standard InChI is InChI=1S/C11H12N2O2S/c1-14-8-3-2-4-9(5-8)15-7-10-6-13-11(12)16-10/h2-6H,7H2,1H3,(H2,12,13). The van der Waals surface area contributed by atoms with Gasteiger partial charge < -0.3 is 15.2 Å². The van der Waals surface area contributed by atoms with Crippen LogP contribution >= 0.6 is 11.3 Å². The van der Waals surface area contributed by atoms with Gasteiger partial charge in [0.05, 0.1) is 12.0 Å². The van der Waals surface area contributed by atoms with Crippen LogP contribution in [0, 0.1) is 0 Å². The van der Waals surface area contributed by atoms with Crippen molar-refractivity contribution in [3.63, 3.8) is 0 Å². The summed E-state index contributed by atoms with van der Waals surface area (Å²) < 4.78 is 10.7. The molecular weight excluding hydrogens is 224 g/mol. The van der Waals surface area contributed by atoms with Crippen LogP contribution in [0.4, 0.5) is 5.13 Å². The Balaban J connectivity index is 1.99. The highest BCUT2D eigenvalue weighted by atomic mass is 32.1. The van der Waals surface area contributed by atoms with Crippen molar-refractivity contribution in [1.29, 1.82) is 0 Å². The van der Waals surface area contributed by atoms with Crippen molar-refractivity contribution in [1.82, 2.24) is 4.98 Å². The molecule has 4 nitrogen and oxygen atoms in total. The molecular formula is C11H12N2O2S. The maximum absolute atomic E-state index is 5.58. The minimum Gasteiger partial charge on any atom is -0.497 e. The van der Waals surface area contributed by atoms with E-state index in [2.05, 4.69) is 4.98 Å². The number of hydrogen-bond acceptors (Lipinski definition) is 5. The number of nitrogens with two attached hydrogens (primary N) is 1. The molecule has 84 valence electrons. The van der Waals surface area contributed by atoms with Crippen LogP contribution in [0.2, 0.25) is 0 Å². The Labute approximate surface area is 97.6 Å². The van der Waals surface area contributed by atoms with E-state index in [1.165, 1.54) is 11.3 Å². The summed E-state index contributed by atoms with van der Waals surface area (Å²) >= 11 is 1.43. The molecule has 0 spiro atoms. The van der Waals surface area contributed by atoms with Crippen molar-refractivity contribution >= 4 is 16.5 Å². The number of methoxy groups -OCH3 is 1. The zero-order valence-corrected chi connectivity index (χ0v) is 9.66. The van der Waals surface area contributed by atoms with Gasteiger partial charge in [0.15, 0.2) is 5.13 Å². The minimum absolute atomic E-state index is 0.474. The lowest BCUT2D eigenvalue weighted by molar-refractivity contribution is 0.307. The molecule has 0 bridgehead atoms. The van der Waals surface area contributed by atoms with Gasteiger partial charge in [-0.1, -0.05) is 17.4 Å². The van der Waals surface area contributed by atoms with Gasteiger partial charge in [-0.25, -0.2) is 4.98 Å². The predicted octanol–water partition coefficient (Wildman–Crippen LogP) is 2.31. The van der Waals surface area contributed by atoms with E-state index >= 15 is 0 Å². The number of hydrogen-bond donors (Lipinski definition) is 1. The SMILES string of the molecule is COc1cccc(OCc2cnc(N)s2)c1. The summed E-state index contributed by atoms with van der Waals surface area (Å²) in [4.78, 5) is 4.95. The monoisotopic (exact) mass is 236 g/mol. The van der Waals surface area contributed by atoms with E-state index in [4.69, 9.17) is 15.2 Å². The molecule has 0 aliphatic rings. The first-order chi connectivity index (χ1) is 7.78. The van der Waals surface area contributed by atoms with Gasteiger partial charge in [0.2, 0.25) is 0 Å². The number of nitrogen functional groups attached to an aromatic ring is 1. The lowest BCUT2D eigenvalue weighted by Gasteiger charge is -2.05. The second-order valence-electron chi connectivity index (χ2n) is 3.13. The first kappa shape index (κ1) is 10.8. The highest BCUT2D eigenvalue weighted by Crippen LogP contribution is 2.21. The molecule has 0 radical (unpaired) electrons. The summed E-state index contributed by atoms with van der Waals surface area (Å²) in [5.74, 6) is 1.55. The normalized spacial score (nSPS) is 10.1. The molecule has 1 aromatic heterocycles. The Hall–Kier alpha value is -1.75. The Bertz CT molecular complexity index is 471. The summed E-state index contributed by atoms with van der Waals surface area (Å²) in [6, 6.07) is 7.48. The minimum atomic E-state index is 0.474. The average Bonchev–Trinajstić information content (AvgIpc) is 2.73. The molecule has 1 heterocycles. The van der Waals surface area contributed by atoms with E-state index in [9.17, 15) is 0 Å². The van der Waals surface area contributed by atoms with E-state index in [1.54, 1.807) is 13.3 Å². The number of ether oxygens (including phenoxy) is 2. The molecule has 0 aliphatic carbocycles. The van der Waals surface area contributed by atoms with Crippen LogP contribution < -0.4 is 15.2 Å². The molecule has 5 heteroatoms. The van der Waals surface area contributed by atoms with Crippen molar-refractivity contribution in [3.8, 4) is 11.5 Å². The maximum atomic E-state index is 5.58. The third-order valence-electron chi connectivity index (χ3n) is 1.99. The molecule has 0 saturated heterocycles. The summed E-state index contributed by atoms with van der Waals surface area (Å²) in [6.07, 6.45) is 1.72. The zero-order chi connectivity index (χ0) is 11.4. The Morgan fingerprint density at radius 3 is 2.88 bits per heavy atom.